The molecule has 0 saturated heterocycles. The van der Waals surface area contributed by atoms with Gasteiger partial charge in [-0.2, -0.15) is 0 Å². The van der Waals surface area contributed by atoms with Crippen LogP contribution in [0.15, 0.2) is 77.4 Å². The SMILES string of the molecule is COc1ccc(/C=C2/N=C(c3ccc(C)cc3)N(c3ccc(C)cc3)C2=O)c(OC)c1. The summed E-state index contributed by atoms with van der Waals surface area (Å²) < 4.78 is 10.8. The number of ether oxygens (including phenoxy) is 2. The van der Waals surface area contributed by atoms with Crippen molar-refractivity contribution >= 4 is 23.5 Å². The minimum atomic E-state index is -0.183. The summed E-state index contributed by atoms with van der Waals surface area (Å²) in [7, 11) is 3.19. The van der Waals surface area contributed by atoms with Crippen LogP contribution >= 0.6 is 0 Å². The largest absolute Gasteiger partial charge is 0.497 e. The Bertz CT molecular complexity index is 1180. The molecule has 0 fully saturated rings. The van der Waals surface area contributed by atoms with Crippen molar-refractivity contribution in [3.63, 3.8) is 0 Å². The van der Waals surface area contributed by atoms with E-state index in [1.54, 1.807) is 31.3 Å². The van der Waals surface area contributed by atoms with Crippen molar-refractivity contribution in [3.8, 4) is 11.5 Å². The van der Waals surface area contributed by atoms with Crippen LogP contribution in [0.5, 0.6) is 11.5 Å². The van der Waals surface area contributed by atoms with Gasteiger partial charge in [0.05, 0.1) is 19.9 Å². The molecule has 4 rings (SSSR count). The maximum absolute atomic E-state index is 13.4. The number of amidine groups is 1. The zero-order chi connectivity index (χ0) is 22.0. The Balaban J connectivity index is 1.82. The van der Waals surface area contributed by atoms with Crippen molar-refractivity contribution in [1.29, 1.82) is 0 Å². The number of benzene rings is 3. The van der Waals surface area contributed by atoms with Crippen LogP contribution in [0.4, 0.5) is 5.69 Å². The van der Waals surface area contributed by atoms with Gasteiger partial charge in [0.2, 0.25) is 0 Å². The van der Waals surface area contributed by atoms with E-state index in [0.717, 1.165) is 27.9 Å². The summed E-state index contributed by atoms with van der Waals surface area (Å²) >= 11 is 0. The third kappa shape index (κ3) is 4.08. The number of rotatable bonds is 5. The molecule has 0 atom stereocenters. The van der Waals surface area contributed by atoms with E-state index in [1.165, 1.54) is 0 Å². The third-order valence-corrected chi connectivity index (χ3v) is 5.20. The van der Waals surface area contributed by atoms with Crippen molar-refractivity contribution in [1.82, 2.24) is 0 Å². The van der Waals surface area contributed by atoms with E-state index in [2.05, 4.69) is 0 Å². The van der Waals surface area contributed by atoms with E-state index < -0.39 is 0 Å². The Hall–Kier alpha value is -3.86. The van der Waals surface area contributed by atoms with Crippen LogP contribution < -0.4 is 14.4 Å². The summed E-state index contributed by atoms with van der Waals surface area (Å²) in [5.74, 6) is 1.72. The van der Waals surface area contributed by atoms with Crippen LogP contribution in [0.1, 0.15) is 22.3 Å². The molecule has 0 saturated carbocycles. The lowest BCUT2D eigenvalue weighted by Gasteiger charge is -2.19. The van der Waals surface area contributed by atoms with Gasteiger partial charge in [-0.05, 0) is 44.2 Å². The fourth-order valence-electron chi connectivity index (χ4n) is 3.43. The Labute approximate surface area is 182 Å². The number of nitrogens with zero attached hydrogens (tertiary/aromatic N) is 2. The molecule has 0 aromatic heterocycles. The summed E-state index contributed by atoms with van der Waals surface area (Å²) in [5, 5.41) is 0. The maximum Gasteiger partial charge on any atom is 0.282 e. The summed E-state index contributed by atoms with van der Waals surface area (Å²) in [6, 6.07) is 21.3. The van der Waals surface area contributed by atoms with Gasteiger partial charge >= 0.3 is 0 Å². The van der Waals surface area contributed by atoms with Gasteiger partial charge in [-0.3, -0.25) is 9.69 Å². The first-order valence-electron chi connectivity index (χ1n) is 10.0. The number of hydrogen-bond donors (Lipinski definition) is 0. The fraction of sp³-hybridized carbons (Fsp3) is 0.154. The predicted molar refractivity (Wildman–Crippen MR) is 124 cm³/mol. The minimum absolute atomic E-state index is 0.183. The third-order valence-electron chi connectivity index (χ3n) is 5.20. The standard InChI is InChI=1S/C26H24N2O3/c1-17-5-9-19(10-6-17)25-27-23(15-20-11-14-22(30-3)16-24(20)31-4)26(29)28(25)21-12-7-18(2)8-13-21/h5-16H,1-4H3/b23-15+. The van der Waals surface area contributed by atoms with Crippen molar-refractivity contribution in [2.75, 3.05) is 19.1 Å². The number of carbonyl (C=O) groups is 1. The molecule has 1 aliphatic heterocycles. The quantitative estimate of drug-likeness (QED) is 0.544. The summed E-state index contributed by atoms with van der Waals surface area (Å²) in [4.78, 5) is 19.8. The molecule has 0 unspecified atom stereocenters. The average Bonchev–Trinajstić information content (AvgIpc) is 3.11. The Morgan fingerprint density at radius 2 is 1.48 bits per heavy atom. The molecule has 3 aromatic rings. The first-order valence-corrected chi connectivity index (χ1v) is 10.0. The molecule has 156 valence electrons. The fourth-order valence-corrected chi connectivity index (χ4v) is 3.43. The summed E-state index contributed by atoms with van der Waals surface area (Å²) in [6.07, 6.45) is 1.75. The average molecular weight is 412 g/mol. The lowest BCUT2D eigenvalue weighted by molar-refractivity contribution is -0.113. The summed E-state index contributed by atoms with van der Waals surface area (Å²) in [5.41, 5.74) is 5.03. The van der Waals surface area contributed by atoms with Crippen LogP contribution in [-0.4, -0.2) is 26.0 Å². The predicted octanol–water partition coefficient (Wildman–Crippen LogP) is 5.16. The topological polar surface area (TPSA) is 51.1 Å². The monoisotopic (exact) mass is 412 g/mol. The molecule has 5 nitrogen and oxygen atoms in total. The van der Waals surface area contributed by atoms with E-state index in [0.29, 0.717) is 23.0 Å². The van der Waals surface area contributed by atoms with E-state index in [-0.39, 0.29) is 5.91 Å². The van der Waals surface area contributed by atoms with Gasteiger partial charge in [0.1, 0.15) is 23.0 Å². The van der Waals surface area contributed by atoms with Gasteiger partial charge in [-0.15, -0.1) is 0 Å². The highest BCUT2D eigenvalue weighted by molar-refractivity contribution is 6.33. The molecule has 1 aliphatic rings. The van der Waals surface area contributed by atoms with Crippen molar-refractivity contribution in [2.45, 2.75) is 13.8 Å². The molecule has 0 aliphatic carbocycles. The van der Waals surface area contributed by atoms with Gasteiger partial charge in [-0.1, -0.05) is 47.5 Å². The van der Waals surface area contributed by atoms with Crippen LogP contribution in [-0.2, 0) is 4.79 Å². The molecular weight excluding hydrogens is 388 g/mol. The number of methoxy groups -OCH3 is 2. The lowest BCUT2D eigenvalue weighted by Crippen LogP contribution is -2.32. The normalized spacial score (nSPS) is 14.7. The van der Waals surface area contributed by atoms with Crippen molar-refractivity contribution in [2.24, 2.45) is 4.99 Å². The van der Waals surface area contributed by atoms with Gasteiger partial charge in [0, 0.05) is 17.2 Å². The van der Waals surface area contributed by atoms with E-state index >= 15 is 0 Å². The highest BCUT2D eigenvalue weighted by atomic mass is 16.5. The zero-order valence-electron chi connectivity index (χ0n) is 18.0. The second-order valence-corrected chi connectivity index (χ2v) is 7.42. The molecule has 1 amide bonds. The van der Waals surface area contributed by atoms with Gasteiger partial charge in [0.15, 0.2) is 0 Å². The number of hydrogen-bond acceptors (Lipinski definition) is 4. The van der Waals surface area contributed by atoms with Crippen molar-refractivity contribution in [3.05, 3.63) is 94.7 Å². The Morgan fingerprint density at radius 1 is 0.839 bits per heavy atom. The van der Waals surface area contributed by atoms with Crippen LogP contribution in [0, 0.1) is 13.8 Å². The molecule has 31 heavy (non-hydrogen) atoms. The highest BCUT2D eigenvalue weighted by Crippen LogP contribution is 2.31. The first kappa shape index (κ1) is 20.4. The number of anilines is 1. The molecule has 0 radical (unpaired) electrons. The number of carbonyl (C=O) groups excluding carboxylic acids is 1. The first-order chi connectivity index (χ1) is 15.0. The van der Waals surface area contributed by atoms with Crippen LogP contribution in [0.25, 0.3) is 6.08 Å². The van der Waals surface area contributed by atoms with Crippen molar-refractivity contribution < 1.29 is 14.3 Å². The van der Waals surface area contributed by atoms with Crippen LogP contribution in [0.2, 0.25) is 0 Å². The van der Waals surface area contributed by atoms with E-state index in [4.69, 9.17) is 14.5 Å². The molecule has 0 spiro atoms. The van der Waals surface area contributed by atoms with E-state index in [9.17, 15) is 4.79 Å². The number of aryl methyl sites for hydroxylation is 2. The minimum Gasteiger partial charge on any atom is -0.497 e. The molecule has 3 aromatic carbocycles. The molecule has 5 heteroatoms. The van der Waals surface area contributed by atoms with Crippen LogP contribution in [0.3, 0.4) is 0 Å². The Morgan fingerprint density at radius 3 is 2.10 bits per heavy atom. The number of amides is 1. The zero-order valence-corrected chi connectivity index (χ0v) is 18.0. The van der Waals surface area contributed by atoms with Gasteiger partial charge < -0.3 is 9.47 Å². The van der Waals surface area contributed by atoms with Gasteiger partial charge in [0.25, 0.3) is 5.91 Å². The maximum atomic E-state index is 13.4. The van der Waals surface area contributed by atoms with E-state index in [1.807, 2.05) is 74.5 Å². The highest BCUT2D eigenvalue weighted by Gasteiger charge is 2.32. The van der Waals surface area contributed by atoms with Gasteiger partial charge in [-0.25, -0.2) is 4.99 Å². The number of aliphatic imine (C=N–C) groups is 1. The second-order valence-electron chi connectivity index (χ2n) is 7.42. The smallest absolute Gasteiger partial charge is 0.282 e. The molecular formula is C26H24N2O3. The molecule has 0 N–H and O–H groups in total. The lowest BCUT2D eigenvalue weighted by atomic mass is 10.1. The second kappa shape index (κ2) is 8.48. The molecule has 1 heterocycles. The molecule has 0 bridgehead atoms. The summed E-state index contributed by atoms with van der Waals surface area (Å²) in [6.45, 7) is 4.05. The Kier molecular flexibility index (Phi) is 5.58.